The summed E-state index contributed by atoms with van der Waals surface area (Å²) in [5.41, 5.74) is 2.17. The average molecular weight is 206 g/mol. The van der Waals surface area contributed by atoms with Gasteiger partial charge in [-0.3, -0.25) is 4.79 Å². The second kappa shape index (κ2) is 3.13. The molecule has 74 valence electrons. The predicted octanol–water partition coefficient (Wildman–Crippen LogP) is 3.23. The van der Waals surface area contributed by atoms with Crippen LogP contribution >= 0.6 is 12.6 Å². The van der Waals surface area contributed by atoms with Gasteiger partial charge in [0.25, 0.3) is 0 Å². The van der Waals surface area contributed by atoms with Gasteiger partial charge in [0.15, 0.2) is 5.78 Å². The quantitative estimate of drug-likeness (QED) is 0.645. The smallest absolute Gasteiger partial charge is 0.163 e. The Morgan fingerprint density at radius 1 is 1.36 bits per heavy atom. The number of thiol groups is 1. The highest BCUT2D eigenvalue weighted by molar-refractivity contribution is 7.80. The highest BCUT2D eigenvalue weighted by atomic mass is 32.1. The number of ketones is 1. The lowest BCUT2D eigenvalue weighted by atomic mass is 9.72. The van der Waals surface area contributed by atoms with Gasteiger partial charge in [0, 0.05) is 16.9 Å². The largest absolute Gasteiger partial charge is 0.294 e. The molecule has 2 heteroatoms. The second-order valence-corrected chi connectivity index (χ2v) is 5.05. The SMILES string of the molecule is CC1(C)CCC(=O)c2cc(S)ccc21. The number of carbonyl (C=O) groups excluding carboxylic acids is 1. The summed E-state index contributed by atoms with van der Waals surface area (Å²) in [5.74, 6) is 0.259. The zero-order valence-corrected chi connectivity index (χ0v) is 9.40. The van der Waals surface area contributed by atoms with Crippen molar-refractivity contribution in [2.75, 3.05) is 0 Å². The van der Waals surface area contributed by atoms with Crippen LogP contribution in [-0.2, 0) is 5.41 Å². The first kappa shape index (κ1) is 9.78. The van der Waals surface area contributed by atoms with Gasteiger partial charge in [0.2, 0.25) is 0 Å². The van der Waals surface area contributed by atoms with E-state index in [2.05, 4.69) is 26.5 Å². The molecule has 0 saturated heterocycles. The van der Waals surface area contributed by atoms with Crippen LogP contribution in [0.5, 0.6) is 0 Å². The number of hydrogen-bond donors (Lipinski definition) is 1. The molecule has 0 unspecified atom stereocenters. The Balaban J connectivity index is 2.63. The molecule has 0 radical (unpaired) electrons. The third-order valence-electron chi connectivity index (χ3n) is 3.01. The molecule has 1 aliphatic carbocycles. The van der Waals surface area contributed by atoms with Crippen LogP contribution in [0.4, 0.5) is 0 Å². The molecule has 1 nitrogen and oxygen atoms in total. The summed E-state index contributed by atoms with van der Waals surface area (Å²) < 4.78 is 0. The zero-order chi connectivity index (χ0) is 10.3. The van der Waals surface area contributed by atoms with Crippen molar-refractivity contribution in [3.63, 3.8) is 0 Å². The third-order valence-corrected chi connectivity index (χ3v) is 3.29. The van der Waals surface area contributed by atoms with Crippen LogP contribution in [0.3, 0.4) is 0 Å². The molecule has 0 saturated carbocycles. The average Bonchev–Trinajstić information content (AvgIpc) is 2.12. The number of fused-ring (bicyclic) bond motifs is 1. The van der Waals surface area contributed by atoms with Crippen molar-refractivity contribution in [1.29, 1.82) is 0 Å². The first-order valence-electron chi connectivity index (χ1n) is 4.87. The summed E-state index contributed by atoms with van der Waals surface area (Å²) in [6, 6.07) is 5.89. The minimum absolute atomic E-state index is 0.130. The Bertz CT molecular complexity index is 393. The summed E-state index contributed by atoms with van der Waals surface area (Å²) in [7, 11) is 0. The van der Waals surface area contributed by atoms with E-state index in [0.717, 1.165) is 16.9 Å². The maximum absolute atomic E-state index is 11.7. The van der Waals surface area contributed by atoms with E-state index in [0.29, 0.717) is 6.42 Å². The van der Waals surface area contributed by atoms with Gasteiger partial charge in [0.1, 0.15) is 0 Å². The molecular formula is C12H14OS. The van der Waals surface area contributed by atoms with Gasteiger partial charge >= 0.3 is 0 Å². The maximum atomic E-state index is 11.7. The molecule has 0 atom stereocenters. The van der Waals surface area contributed by atoms with Gasteiger partial charge in [-0.1, -0.05) is 19.9 Å². The monoisotopic (exact) mass is 206 g/mol. The molecule has 0 spiro atoms. The number of Topliss-reactive ketones (excluding diaryl/α,β-unsaturated/α-hetero) is 1. The molecule has 2 rings (SSSR count). The van der Waals surface area contributed by atoms with Crippen molar-refractivity contribution < 1.29 is 4.79 Å². The van der Waals surface area contributed by atoms with Gasteiger partial charge in [-0.15, -0.1) is 12.6 Å². The summed E-state index contributed by atoms with van der Waals surface area (Å²) in [5, 5.41) is 0. The highest BCUT2D eigenvalue weighted by Gasteiger charge is 2.31. The van der Waals surface area contributed by atoms with Crippen molar-refractivity contribution in [3.05, 3.63) is 29.3 Å². The zero-order valence-electron chi connectivity index (χ0n) is 8.50. The number of carbonyl (C=O) groups is 1. The van der Waals surface area contributed by atoms with Gasteiger partial charge in [-0.2, -0.15) is 0 Å². The van der Waals surface area contributed by atoms with E-state index < -0.39 is 0 Å². The van der Waals surface area contributed by atoms with Crippen LogP contribution in [0.2, 0.25) is 0 Å². The molecule has 1 aromatic rings. The van der Waals surface area contributed by atoms with Crippen molar-refractivity contribution in [2.45, 2.75) is 37.0 Å². The summed E-state index contributed by atoms with van der Waals surface area (Å²) in [6.45, 7) is 4.38. The van der Waals surface area contributed by atoms with Crippen molar-refractivity contribution >= 4 is 18.4 Å². The fourth-order valence-corrected chi connectivity index (χ4v) is 2.25. The normalized spacial score (nSPS) is 19.2. The van der Waals surface area contributed by atoms with Gasteiger partial charge in [-0.05, 0) is 29.5 Å². The number of hydrogen-bond acceptors (Lipinski definition) is 2. The Labute approximate surface area is 89.9 Å². The minimum Gasteiger partial charge on any atom is -0.294 e. The maximum Gasteiger partial charge on any atom is 0.163 e. The Morgan fingerprint density at radius 3 is 2.79 bits per heavy atom. The number of benzene rings is 1. The van der Waals surface area contributed by atoms with E-state index in [1.165, 1.54) is 5.56 Å². The summed E-state index contributed by atoms with van der Waals surface area (Å²) in [6.07, 6.45) is 1.61. The van der Waals surface area contributed by atoms with E-state index in [1.54, 1.807) is 0 Å². The Morgan fingerprint density at radius 2 is 2.07 bits per heavy atom. The third kappa shape index (κ3) is 1.48. The minimum atomic E-state index is 0.130. The van der Waals surface area contributed by atoms with E-state index in [1.807, 2.05) is 18.2 Å². The van der Waals surface area contributed by atoms with Crippen LogP contribution in [0.25, 0.3) is 0 Å². The van der Waals surface area contributed by atoms with Crippen molar-refractivity contribution in [3.8, 4) is 0 Å². The highest BCUT2D eigenvalue weighted by Crippen LogP contribution is 2.37. The molecule has 0 heterocycles. The summed E-state index contributed by atoms with van der Waals surface area (Å²) >= 11 is 4.26. The molecule has 0 amide bonds. The van der Waals surface area contributed by atoms with Gasteiger partial charge < -0.3 is 0 Å². The van der Waals surface area contributed by atoms with Crippen LogP contribution in [0.1, 0.15) is 42.6 Å². The molecule has 0 aromatic heterocycles. The lowest BCUT2D eigenvalue weighted by molar-refractivity contribution is 0.0956. The molecule has 0 N–H and O–H groups in total. The molecule has 14 heavy (non-hydrogen) atoms. The number of rotatable bonds is 0. The van der Waals surface area contributed by atoms with Gasteiger partial charge in [0.05, 0.1) is 0 Å². The van der Waals surface area contributed by atoms with Crippen LogP contribution in [-0.4, -0.2) is 5.78 Å². The Hall–Kier alpha value is -0.760. The van der Waals surface area contributed by atoms with Crippen LogP contribution in [0, 0.1) is 0 Å². The van der Waals surface area contributed by atoms with Gasteiger partial charge in [-0.25, -0.2) is 0 Å². The van der Waals surface area contributed by atoms with Crippen LogP contribution in [0.15, 0.2) is 23.1 Å². The van der Waals surface area contributed by atoms with E-state index in [-0.39, 0.29) is 11.2 Å². The molecule has 0 fully saturated rings. The molecule has 0 aliphatic heterocycles. The van der Waals surface area contributed by atoms with Crippen LogP contribution < -0.4 is 0 Å². The molecule has 1 aromatic carbocycles. The van der Waals surface area contributed by atoms with E-state index in [4.69, 9.17) is 0 Å². The predicted molar refractivity (Wildman–Crippen MR) is 60.3 cm³/mol. The topological polar surface area (TPSA) is 17.1 Å². The first-order chi connectivity index (χ1) is 6.50. The lowest BCUT2D eigenvalue weighted by Gasteiger charge is -2.31. The molecular weight excluding hydrogens is 192 g/mol. The molecule has 0 bridgehead atoms. The standard InChI is InChI=1S/C12H14OS/c1-12(2)6-5-11(13)9-7-8(14)3-4-10(9)12/h3-4,7,14H,5-6H2,1-2H3. The van der Waals surface area contributed by atoms with Crippen molar-refractivity contribution in [2.24, 2.45) is 0 Å². The summed E-state index contributed by atoms with van der Waals surface area (Å²) in [4.78, 5) is 12.6. The van der Waals surface area contributed by atoms with E-state index in [9.17, 15) is 4.79 Å². The van der Waals surface area contributed by atoms with E-state index >= 15 is 0 Å². The fourth-order valence-electron chi connectivity index (χ4n) is 2.05. The second-order valence-electron chi connectivity index (χ2n) is 4.54. The van der Waals surface area contributed by atoms with Crippen molar-refractivity contribution in [1.82, 2.24) is 0 Å². The molecule has 1 aliphatic rings. The fraction of sp³-hybridized carbons (Fsp3) is 0.417. The Kier molecular flexibility index (Phi) is 2.18. The first-order valence-corrected chi connectivity index (χ1v) is 5.32. The lowest BCUT2D eigenvalue weighted by Crippen LogP contribution is -2.27.